The average Bonchev–Trinajstić information content (AvgIpc) is 2.76. The minimum Gasteiger partial charge on any atom is -0.373 e. The zero-order chi connectivity index (χ0) is 14.5. The third-order valence-electron chi connectivity index (χ3n) is 4.34. The molecule has 0 spiro atoms. The maximum Gasteiger partial charge on any atom is 0.149 e. The van der Waals surface area contributed by atoms with Crippen molar-refractivity contribution in [2.45, 2.75) is 25.4 Å². The van der Waals surface area contributed by atoms with Crippen molar-refractivity contribution in [3.8, 4) is 0 Å². The molecule has 0 aliphatic carbocycles. The van der Waals surface area contributed by atoms with Crippen LogP contribution in [-0.2, 0) is 16.0 Å². The number of ketones is 1. The Morgan fingerprint density at radius 1 is 1.29 bits per heavy atom. The summed E-state index contributed by atoms with van der Waals surface area (Å²) in [4.78, 5) is 14.6. The molecule has 1 fully saturated rings. The van der Waals surface area contributed by atoms with E-state index in [1.54, 1.807) is 0 Å². The van der Waals surface area contributed by atoms with Gasteiger partial charge in [-0.25, -0.2) is 0 Å². The molecule has 3 rings (SSSR count). The second kappa shape index (κ2) is 7.16. The fourth-order valence-electron chi connectivity index (χ4n) is 3.23. The van der Waals surface area contributed by atoms with Gasteiger partial charge in [0.2, 0.25) is 0 Å². The molecule has 0 radical (unpaired) electrons. The van der Waals surface area contributed by atoms with E-state index < -0.39 is 0 Å². The molecular weight excluding hydrogens is 264 g/mol. The highest BCUT2D eigenvalue weighted by Crippen LogP contribution is 2.29. The lowest BCUT2D eigenvalue weighted by Crippen LogP contribution is -2.34. The minimum atomic E-state index is -0.0486. The third kappa shape index (κ3) is 3.90. The van der Waals surface area contributed by atoms with Crippen LogP contribution in [0.25, 0.3) is 0 Å². The van der Waals surface area contributed by atoms with E-state index in [-0.39, 0.29) is 6.10 Å². The number of Topliss-reactive ketones (excluding diaryl/α,β-unsaturated/α-hetero) is 1. The van der Waals surface area contributed by atoms with Gasteiger partial charge in [0, 0.05) is 19.5 Å². The SMILES string of the molecule is O=C(CC1OCCc2ccccc21)CN1CCCNCC1. The Hall–Kier alpha value is -1.23. The summed E-state index contributed by atoms with van der Waals surface area (Å²) >= 11 is 0. The highest BCUT2D eigenvalue weighted by molar-refractivity contribution is 5.81. The Morgan fingerprint density at radius 2 is 2.19 bits per heavy atom. The lowest BCUT2D eigenvalue weighted by Gasteiger charge is -2.26. The largest absolute Gasteiger partial charge is 0.373 e. The van der Waals surface area contributed by atoms with E-state index in [9.17, 15) is 4.79 Å². The van der Waals surface area contributed by atoms with Crippen LogP contribution in [0.2, 0.25) is 0 Å². The van der Waals surface area contributed by atoms with Crippen LogP contribution in [0, 0.1) is 0 Å². The van der Waals surface area contributed by atoms with Crippen molar-refractivity contribution in [3.63, 3.8) is 0 Å². The van der Waals surface area contributed by atoms with Gasteiger partial charge in [0.15, 0.2) is 0 Å². The van der Waals surface area contributed by atoms with Gasteiger partial charge in [0.1, 0.15) is 5.78 Å². The summed E-state index contributed by atoms with van der Waals surface area (Å²) in [6.07, 6.45) is 2.53. The first-order valence-corrected chi connectivity index (χ1v) is 7.97. The standard InChI is InChI=1S/C17H24N2O2/c20-15(13-19-9-3-7-18-8-10-19)12-17-16-5-2-1-4-14(16)6-11-21-17/h1-2,4-5,17-18H,3,6-13H2. The summed E-state index contributed by atoms with van der Waals surface area (Å²) in [7, 11) is 0. The van der Waals surface area contributed by atoms with E-state index >= 15 is 0 Å². The first-order chi connectivity index (χ1) is 10.3. The van der Waals surface area contributed by atoms with Crippen LogP contribution in [0.5, 0.6) is 0 Å². The number of nitrogens with one attached hydrogen (secondary N) is 1. The Balaban J connectivity index is 1.58. The van der Waals surface area contributed by atoms with Crippen LogP contribution in [0.1, 0.15) is 30.1 Å². The molecular formula is C17H24N2O2. The van der Waals surface area contributed by atoms with Crippen molar-refractivity contribution in [1.82, 2.24) is 10.2 Å². The summed E-state index contributed by atoms with van der Waals surface area (Å²) in [6.45, 7) is 5.31. The molecule has 0 amide bonds. The van der Waals surface area contributed by atoms with E-state index in [0.29, 0.717) is 18.7 Å². The molecule has 0 saturated carbocycles. The van der Waals surface area contributed by atoms with Crippen molar-refractivity contribution < 1.29 is 9.53 Å². The van der Waals surface area contributed by atoms with Crippen LogP contribution in [0.4, 0.5) is 0 Å². The number of benzene rings is 1. The van der Waals surface area contributed by atoms with Gasteiger partial charge in [0.05, 0.1) is 19.3 Å². The van der Waals surface area contributed by atoms with Gasteiger partial charge in [-0.3, -0.25) is 9.69 Å². The van der Waals surface area contributed by atoms with Gasteiger partial charge in [-0.15, -0.1) is 0 Å². The lowest BCUT2D eigenvalue weighted by atomic mass is 9.94. The van der Waals surface area contributed by atoms with Gasteiger partial charge in [-0.05, 0) is 37.1 Å². The Labute approximate surface area is 126 Å². The molecule has 2 aliphatic heterocycles. The van der Waals surface area contributed by atoms with Crippen molar-refractivity contribution in [1.29, 1.82) is 0 Å². The molecule has 0 bridgehead atoms. The molecule has 2 heterocycles. The molecule has 2 aliphatic rings. The van der Waals surface area contributed by atoms with Gasteiger partial charge < -0.3 is 10.1 Å². The van der Waals surface area contributed by atoms with E-state index in [0.717, 1.165) is 45.6 Å². The second-order valence-electron chi connectivity index (χ2n) is 5.93. The summed E-state index contributed by atoms with van der Waals surface area (Å²) < 4.78 is 5.84. The first-order valence-electron chi connectivity index (χ1n) is 7.97. The summed E-state index contributed by atoms with van der Waals surface area (Å²) in [6, 6.07) is 8.34. The summed E-state index contributed by atoms with van der Waals surface area (Å²) in [5.41, 5.74) is 2.54. The Morgan fingerprint density at radius 3 is 3.14 bits per heavy atom. The molecule has 1 N–H and O–H groups in total. The van der Waals surface area contributed by atoms with Crippen LogP contribution >= 0.6 is 0 Å². The molecule has 114 valence electrons. The highest BCUT2D eigenvalue weighted by atomic mass is 16.5. The van der Waals surface area contributed by atoms with Gasteiger partial charge >= 0.3 is 0 Å². The van der Waals surface area contributed by atoms with Gasteiger partial charge in [-0.2, -0.15) is 0 Å². The quantitative estimate of drug-likeness (QED) is 0.913. The van der Waals surface area contributed by atoms with E-state index in [4.69, 9.17) is 4.74 Å². The first kappa shape index (κ1) is 14.7. The van der Waals surface area contributed by atoms with Crippen molar-refractivity contribution in [2.24, 2.45) is 0 Å². The van der Waals surface area contributed by atoms with E-state index in [1.165, 1.54) is 11.1 Å². The zero-order valence-corrected chi connectivity index (χ0v) is 12.5. The molecule has 1 saturated heterocycles. The van der Waals surface area contributed by atoms with Crippen LogP contribution in [0.3, 0.4) is 0 Å². The fraction of sp³-hybridized carbons (Fsp3) is 0.588. The number of nitrogens with zero attached hydrogens (tertiary/aromatic N) is 1. The molecule has 1 unspecified atom stereocenters. The number of ether oxygens (including phenoxy) is 1. The topological polar surface area (TPSA) is 41.6 Å². The fourth-order valence-corrected chi connectivity index (χ4v) is 3.23. The van der Waals surface area contributed by atoms with E-state index in [1.807, 2.05) is 6.07 Å². The van der Waals surface area contributed by atoms with E-state index in [2.05, 4.69) is 28.4 Å². The zero-order valence-electron chi connectivity index (χ0n) is 12.5. The number of hydrogen-bond acceptors (Lipinski definition) is 4. The number of fused-ring (bicyclic) bond motifs is 1. The predicted molar refractivity (Wildman–Crippen MR) is 82.4 cm³/mol. The molecule has 4 heteroatoms. The monoisotopic (exact) mass is 288 g/mol. The van der Waals surface area contributed by atoms with Crippen LogP contribution < -0.4 is 5.32 Å². The Kier molecular flexibility index (Phi) is 5.01. The number of rotatable bonds is 4. The third-order valence-corrected chi connectivity index (χ3v) is 4.34. The number of carbonyl (C=O) groups is 1. The minimum absolute atomic E-state index is 0.0486. The Bertz CT molecular complexity index is 481. The van der Waals surface area contributed by atoms with Gasteiger partial charge in [0.25, 0.3) is 0 Å². The molecule has 0 aromatic heterocycles. The van der Waals surface area contributed by atoms with Gasteiger partial charge in [-0.1, -0.05) is 24.3 Å². The molecule has 1 atom stereocenters. The summed E-state index contributed by atoms with van der Waals surface area (Å²) in [5.74, 6) is 0.290. The highest BCUT2D eigenvalue weighted by Gasteiger charge is 2.24. The second-order valence-corrected chi connectivity index (χ2v) is 5.93. The normalized spacial score (nSPS) is 23.3. The smallest absolute Gasteiger partial charge is 0.149 e. The molecule has 4 nitrogen and oxygen atoms in total. The van der Waals surface area contributed by atoms with Crippen LogP contribution in [0.15, 0.2) is 24.3 Å². The van der Waals surface area contributed by atoms with Crippen molar-refractivity contribution in [2.75, 3.05) is 39.3 Å². The molecule has 1 aromatic rings. The van der Waals surface area contributed by atoms with Crippen molar-refractivity contribution >= 4 is 5.78 Å². The number of hydrogen-bond donors (Lipinski definition) is 1. The predicted octanol–water partition coefficient (Wildman–Crippen LogP) is 1.55. The van der Waals surface area contributed by atoms with Crippen molar-refractivity contribution in [3.05, 3.63) is 35.4 Å². The maximum absolute atomic E-state index is 12.4. The number of carbonyl (C=O) groups excluding carboxylic acids is 1. The lowest BCUT2D eigenvalue weighted by molar-refractivity contribution is -0.123. The summed E-state index contributed by atoms with van der Waals surface area (Å²) in [5, 5.41) is 3.37. The van der Waals surface area contributed by atoms with Crippen LogP contribution in [-0.4, -0.2) is 50.0 Å². The maximum atomic E-state index is 12.4. The average molecular weight is 288 g/mol. The molecule has 21 heavy (non-hydrogen) atoms. The molecule has 1 aromatic carbocycles.